The quantitative estimate of drug-likeness (QED) is 0.738. The first-order valence-electron chi connectivity index (χ1n) is 11.6. The second-order valence-electron chi connectivity index (χ2n) is 9.42. The van der Waals surface area contributed by atoms with E-state index in [0.717, 1.165) is 16.7 Å². The summed E-state index contributed by atoms with van der Waals surface area (Å²) in [5, 5.41) is 2.69. The molecule has 3 atom stereocenters. The van der Waals surface area contributed by atoms with Crippen molar-refractivity contribution < 1.29 is 9.59 Å². The number of amides is 2. The molecule has 3 aliphatic rings. The molecule has 2 aromatic carbocycles. The summed E-state index contributed by atoms with van der Waals surface area (Å²) in [6, 6.07) is 18.2. The summed E-state index contributed by atoms with van der Waals surface area (Å²) in [6.07, 6.45) is 4.48. The van der Waals surface area contributed by atoms with Crippen molar-refractivity contribution in [3.63, 3.8) is 0 Å². The third kappa shape index (κ3) is 3.38. The number of aliphatic imine (C=N–C) groups is 1. The molecule has 2 aromatic rings. The molecule has 1 spiro atoms. The van der Waals surface area contributed by atoms with Gasteiger partial charge in [0, 0.05) is 24.9 Å². The molecule has 5 rings (SSSR count). The topological polar surface area (TPSA) is 87.8 Å². The van der Waals surface area contributed by atoms with Crippen LogP contribution in [0.1, 0.15) is 49.3 Å². The van der Waals surface area contributed by atoms with Crippen LogP contribution in [0.2, 0.25) is 0 Å². The number of nitrogens with zero attached hydrogens (tertiary/aromatic N) is 2. The molecule has 2 amide bonds. The van der Waals surface area contributed by atoms with Crippen molar-refractivity contribution in [3.8, 4) is 0 Å². The van der Waals surface area contributed by atoms with Crippen LogP contribution in [0.3, 0.4) is 0 Å². The van der Waals surface area contributed by atoms with E-state index in [0.29, 0.717) is 18.9 Å². The average molecular weight is 431 g/mol. The summed E-state index contributed by atoms with van der Waals surface area (Å²) < 4.78 is 0. The van der Waals surface area contributed by atoms with Crippen LogP contribution >= 0.6 is 0 Å². The van der Waals surface area contributed by atoms with Gasteiger partial charge in [-0.3, -0.25) is 14.9 Å². The largest absolute Gasteiger partial charge is 0.370 e. The van der Waals surface area contributed by atoms with E-state index in [2.05, 4.69) is 29.4 Å². The van der Waals surface area contributed by atoms with E-state index in [-0.39, 0.29) is 36.2 Å². The molecule has 3 N–H and O–H groups in total. The van der Waals surface area contributed by atoms with Crippen molar-refractivity contribution in [1.82, 2.24) is 10.2 Å². The Labute approximate surface area is 188 Å². The molecule has 0 radical (unpaired) electrons. The minimum atomic E-state index is -1.10. The lowest BCUT2D eigenvalue weighted by atomic mass is 9.78. The van der Waals surface area contributed by atoms with Gasteiger partial charge in [0.15, 0.2) is 11.5 Å². The number of carbonyl (C=O) groups is 2. The van der Waals surface area contributed by atoms with Gasteiger partial charge in [0.25, 0.3) is 5.91 Å². The Balaban J connectivity index is 1.44. The summed E-state index contributed by atoms with van der Waals surface area (Å²) in [5.74, 6) is 0.285. The van der Waals surface area contributed by atoms with Crippen molar-refractivity contribution in [2.24, 2.45) is 22.6 Å². The van der Waals surface area contributed by atoms with E-state index in [1.807, 2.05) is 47.4 Å². The summed E-state index contributed by atoms with van der Waals surface area (Å²) in [5.41, 5.74) is 7.89. The molecule has 1 saturated carbocycles. The first-order chi connectivity index (χ1) is 15.5. The number of hydrogen-bond acceptors (Lipinski definition) is 4. The minimum Gasteiger partial charge on any atom is -0.370 e. The first-order valence-corrected chi connectivity index (χ1v) is 11.6. The molecule has 2 aliphatic carbocycles. The summed E-state index contributed by atoms with van der Waals surface area (Å²) in [6.45, 7) is 2.75. The number of fused-ring (bicyclic) bond motifs is 2. The lowest BCUT2D eigenvalue weighted by molar-refractivity contribution is -0.138. The highest BCUT2D eigenvalue weighted by Gasteiger charge is 2.56. The van der Waals surface area contributed by atoms with E-state index in [9.17, 15) is 9.59 Å². The van der Waals surface area contributed by atoms with Crippen LogP contribution in [-0.2, 0) is 28.1 Å². The lowest BCUT2D eigenvalue weighted by Gasteiger charge is -2.40. The van der Waals surface area contributed by atoms with Crippen LogP contribution < -0.4 is 11.1 Å². The van der Waals surface area contributed by atoms with Crippen LogP contribution in [0.25, 0.3) is 0 Å². The number of nitrogens with one attached hydrogen (secondary N) is 1. The highest BCUT2D eigenvalue weighted by Crippen LogP contribution is 2.48. The van der Waals surface area contributed by atoms with E-state index in [1.54, 1.807) is 0 Å². The Morgan fingerprint density at radius 2 is 1.91 bits per heavy atom. The monoisotopic (exact) mass is 430 g/mol. The van der Waals surface area contributed by atoms with Gasteiger partial charge in [-0.2, -0.15) is 0 Å². The molecule has 1 heterocycles. The molecule has 0 aromatic heterocycles. The van der Waals surface area contributed by atoms with Gasteiger partial charge in [0.2, 0.25) is 5.91 Å². The predicted molar refractivity (Wildman–Crippen MR) is 123 cm³/mol. The maximum atomic E-state index is 13.8. The summed E-state index contributed by atoms with van der Waals surface area (Å²) in [7, 11) is 0. The van der Waals surface area contributed by atoms with Gasteiger partial charge in [0.05, 0.1) is 0 Å². The lowest BCUT2D eigenvalue weighted by Crippen LogP contribution is -2.47. The second kappa shape index (κ2) is 8.08. The van der Waals surface area contributed by atoms with Gasteiger partial charge >= 0.3 is 0 Å². The van der Waals surface area contributed by atoms with Crippen molar-refractivity contribution in [2.45, 2.75) is 57.2 Å². The molecule has 1 aliphatic heterocycles. The van der Waals surface area contributed by atoms with Crippen molar-refractivity contribution in [1.29, 1.82) is 0 Å². The molecular weight excluding hydrogens is 400 g/mol. The van der Waals surface area contributed by atoms with Crippen LogP contribution in [0.4, 0.5) is 0 Å². The molecule has 0 saturated heterocycles. The molecule has 32 heavy (non-hydrogen) atoms. The summed E-state index contributed by atoms with van der Waals surface area (Å²) >= 11 is 0. The number of rotatable bonds is 6. The molecular formula is C26H30N4O2. The molecule has 6 heteroatoms. The van der Waals surface area contributed by atoms with Crippen LogP contribution in [0, 0.1) is 11.8 Å². The van der Waals surface area contributed by atoms with Gasteiger partial charge in [-0.25, -0.2) is 4.99 Å². The van der Waals surface area contributed by atoms with Crippen LogP contribution in [0.15, 0.2) is 59.6 Å². The zero-order valence-electron chi connectivity index (χ0n) is 18.5. The van der Waals surface area contributed by atoms with Gasteiger partial charge < -0.3 is 10.6 Å². The van der Waals surface area contributed by atoms with Gasteiger partial charge in [-0.15, -0.1) is 0 Å². The molecule has 0 bridgehead atoms. The third-order valence-electron chi connectivity index (χ3n) is 7.63. The Bertz CT molecular complexity index is 1060. The Hall–Kier alpha value is -3.15. The fraction of sp³-hybridized carbons (Fsp3) is 0.423. The minimum absolute atomic E-state index is 0.0823. The van der Waals surface area contributed by atoms with Gasteiger partial charge in [-0.1, -0.05) is 61.0 Å². The van der Waals surface area contributed by atoms with Gasteiger partial charge in [-0.05, 0) is 48.8 Å². The smallest absolute Gasteiger partial charge is 0.259 e. The van der Waals surface area contributed by atoms with Gasteiger partial charge in [0.1, 0.15) is 0 Å². The number of carbonyl (C=O) groups excluding carboxylic acids is 2. The number of guanidine groups is 1. The van der Waals surface area contributed by atoms with Crippen molar-refractivity contribution in [2.75, 3.05) is 0 Å². The normalized spacial score (nSPS) is 25.1. The van der Waals surface area contributed by atoms with E-state index in [4.69, 9.17) is 5.73 Å². The van der Waals surface area contributed by atoms with Crippen molar-refractivity contribution >= 4 is 17.8 Å². The molecule has 166 valence electrons. The first kappa shape index (κ1) is 20.7. The SMILES string of the molecule is CC(C1CCC1)N(Cc1ccccc1)C(=O)CC1Cc2ccccc2C12N=C(N)NC2=O. The van der Waals surface area contributed by atoms with Crippen LogP contribution in [0.5, 0.6) is 0 Å². The second-order valence-corrected chi connectivity index (χ2v) is 9.42. The number of hydrogen-bond donors (Lipinski definition) is 2. The number of nitrogens with two attached hydrogens (primary N) is 1. The molecule has 6 nitrogen and oxygen atoms in total. The zero-order chi connectivity index (χ0) is 22.3. The fourth-order valence-electron chi connectivity index (χ4n) is 5.61. The predicted octanol–water partition coefficient (Wildman–Crippen LogP) is 3.11. The number of benzene rings is 2. The van der Waals surface area contributed by atoms with E-state index in [1.165, 1.54) is 19.3 Å². The summed E-state index contributed by atoms with van der Waals surface area (Å²) in [4.78, 5) is 33.5. The van der Waals surface area contributed by atoms with Crippen LogP contribution in [-0.4, -0.2) is 28.7 Å². The standard InChI is InChI=1S/C26H30N4O2/c1-17(19-11-7-12-19)30(16-18-8-3-2-4-9-18)23(31)15-21-14-20-10-5-6-13-22(20)26(21)24(32)28-25(27)29-26/h2-6,8-10,13,17,19,21H,7,11-12,14-16H2,1H3,(H3,27,28,29,32). The molecule has 1 fully saturated rings. The molecule has 3 unspecified atom stereocenters. The highest BCUT2D eigenvalue weighted by atomic mass is 16.2. The Morgan fingerprint density at radius 1 is 1.19 bits per heavy atom. The maximum Gasteiger partial charge on any atom is 0.259 e. The third-order valence-corrected chi connectivity index (χ3v) is 7.63. The zero-order valence-corrected chi connectivity index (χ0v) is 18.5. The maximum absolute atomic E-state index is 13.8. The fourth-order valence-corrected chi connectivity index (χ4v) is 5.61. The Kier molecular flexibility index (Phi) is 5.24. The van der Waals surface area contributed by atoms with Crippen molar-refractivity contribution in [3.05, 3.63) is 71.3 Å². The van der Waals surface area contributed by atoms with E-state index < -0.39 is 5.54 Å². The Morgan fingerprint density at radius 3 is 2.56 bits per heavy atom. The van der Waals surface area contributed by atoms with E-state index >= 15 is 0 Å². The highest BCUT2D eigenvalue weighted by molar-refractivity contribution is 6.08. The average Bonchev–Trinajstić information content (AvgIpc) is 3.22.